The molecule has 136 valence electrons. The Balaban J connectivity index is 2.09. The van der Waals surface area contributed by atoms with Crippen LogP contribution in [0.3, 0.4) is 0 Å². The van der Waals surface area contributed by atoms with Crippen molar-refractivity contribution in [2.75, 3.05) is 0 Å². The number of ketones is 1. The number of unbranched alkanes of at least 4 members (excludes halogenated alkanes) is 4. The monoisotopic (exact) mass is 352 g/mol. The van der Waals surface area contributed by atoms with Gasteiger partial charge >= 0.3 is 5.97 Å². The molecular weight excluding hydrogens is 328 g/mol. The van der Waals surface area contributed by atoms with Crippen molar-refractivity contribution in [2.24, 2.45) is 0 Å². The summed E-state index contributed by atoms with van der Waals surface area (Å²) in [6.45, 7) is 2.14. The van der Waals surface area contributed by atoms with Crippen molar-refractivity contribution in [2.45, 2.75) is 45.4 Å². The van der Waals surface area contributed by atoms with Crippen LogP contribution in [0.15, 0.2) is 48.5 Å². The van der Waals surface area contributed by atoms with Gasteiger partial charge < -0.3 is 4.74 Å². The molecule has 0 saturated carbocycles. The highest BCUT2D eigenvalue weighted by molar-refractivity contribution is 6.14. The Morgan fingerprint density at radius 3 is 2.27 bits per heavy atom. The van der Waals surface area contributed by atoms with Crippen LogP contribution in [0.5, 0.6) is 5.75 Å². The highest BCUT2D eigenvalue weighted by atomic mass is 16.5. The zero-order valence-electron chi connectivity index (χ0n) is 15.1. The number of hydrogen-bond donors (Lipinski definition) is 0. The van der Waals surface area contributed by atoms with Crippen LogP contribution >= 0.6 is 0 Å². The van der Waals surface area contributed by atoms with Crippen LogP contribution in [-0.4, -0.2) is 18.0 Å². The predicted octanol–water partition coefficient (Wildman–Crippen LogP) is 5.00. The van der Waals surface area contributed by atoms with E-state index in [1.54, 1.807) is 48.5 Å². The summed E-state index contributed by atoms with van der Waals surface area (Å²) >= 11 is 0. The average molecular weight is 352 g/mol. The molecule has 0 bridgehead atoms. The number of esters is 1. The summed E-state index contributed by atoms with van der Waals surface area (Å²) in [5.41, 5.74) is 0.890. The fourth-order valence-electron chi connectivity index (χ4n) is 2.74. The number of hydrogen-bond acceptors (Lipinski definition) is 4. The molecule has 0 aliphatic carbocycles. The Labute approximate surface area is 154 Å². The number of carbonyl (C=O) groups is 3. The second kappa shape index (κ2) is 10.3. The number of para-hydroxylation sites is 1. The number of aldehydes is 1. The normalized spacial score (nSPS) is 10.3. The minimum absolute atomic E-state index is 0.233. The van der Waals surface area contributed by atoms with Gasteiger partial charge in [0.1, 0.15) is 5.75 Å². The summed E-state index contributed by atoms with van der Waals surface area (Å²) in [4.78, 5) is 36.1. The molecule has 0 fully saturated rings. The molecule has 26 heavy (non-hydrogen) atoms. The van der Waals surface area contributed by atoms with Gasteiger partial charge in [0.05, 0.1) is 5.56 Å². The topological polar surface area (TPSA) is 60.4 Å². The zero-order valence-corrected chi connectivity index (χ0v) is 15.1. The number of carbonyl (C=O) groups excluding carboxylic acids is 3. The van der Waals surface area contributed by atoms with Crippen molar-refractivity contribution < 1.29 is 19.1 Å². The Kier molecular flexibility index (Phi) is 7.75. The van der Waals surface area contributed by atoms with E-state index in [9.17, 15) is 14.4 Å². The van der Waals surface area contributed by atoms with Gasteiger partial charge in [0, 0.05) is 17.5 Å². The largest absolute Gasteiger partial charge is 0.426 e. The molecule has 0 aromatic heterocycles. The molecule has 0 amide bonds. The zero-order chi connectivity index (χ0) is 18.8. The third-order valence-corrected chi connectivity index (χ3v) is 4.17. The van der Waals surface area contributed by atoms with E-state index >= 15 is 0 Å². The number of rotatable bonds is 10. The van der Waals surface area contributed by atoms with E-state index in [1.165, 1.54) is 6.42 Å². The molecular formula is C22H24O4. The maximum Gasteiger partial charge on any atom is 0.311 e. The first-order valence-electron chi connectivity index (χ1n) is 9.06. The van der Waals surface area contributed by atoms with Crippen LogP contribution < -0.4 is 4.74 Å². The summed E-state index contributed by atoms with van der Waals surface area (Å²) in [6, 6.07) is 13.2. The van der Waals surface area contributed by atoms with E-state index in [1.807, 2.05) is 0 Å². The van der Waals surface area contributed by atoms with E-state index in [0.717, 1.165) is 25.7 Å². The second-order valence-electron chi connectivity index (χ2n) is 6.17. The van der Waals surface area contributed by atoms with Crippen molar-refractivity contribution in [3.05, 3.63) is 65.2 Å². The van der Waals surface area contributed by atoms with Gasteiger partial charge in [-0.2, -0.15) is 0 Å². The molecule has 2 aromatic carbocycles. The lowest BCUT2D eigenvalue weighted by molar-refractivity contribution is -0.134. The van der Waals surface area contributed by atoms with Crippen molar-refractivity contribution >= 4 is 18.0 Å². The molecule has 0 saturated heterocycles. The highest BCUT2D eigenvalue weighted by Gasteiger charge is 2.18. The van der Waals surface area contributed by atoms with Gasteiger partial charge in [-0.3, -0.25) is 14.4 Å². The molecule has 0 aliphatic heterocycles. The van der Waals surface area contributed by atoms with Crippen LogP contribution in [-0.2, 0) is 4.79 Å². The van der Waals surface area contributed by atoms with Crippen molar-refractivity contribution in [1.29, 1.82) is 0 Å². The van der Waals surface area contributed by atoms with Crippen molar-refractivity contribution in [3.63, 3.8) is 0 Å². The molecule has 2 aromatic rings. The van der Waals surface area contributed by atoms with Gasteiger partial charge in [-0.15, -0.1) is 0 Å². The summed E-state index contributed by atoms with van der Waals surface area (Å²) < 4.78 is 5.42. The minimum Gasteiger partial charge on any atom is -0.426 e. The van der Waals surface area contributed by atoms with Crippen LogP contribution in [0.4, 0.5) is 0 Å². The van der Waals surface area contributed by atoms with E-state index in [0.29, 0.717) is 23.8 Å². The van der Waals surface area contributed by atoms with Crippen LogP contribution in [0, 0.1) is 0 Å². The fraction of sp³-hybridized carbons (Fsp3) is 0.318. The molecule has 4 nitrogen and oxygen atoms in total. The molecule has 0 heterocycles. The molecule has 0 atom stereocenters. The van der Waals surface area contributed by atoms with Crippen LogP contribution in [0.1, 0.15) is 71.7 Å². The van der Waals surface area contributed by atoms with Gasteiger partial charge in [-0.25, -0.2) is 0 Å². The second-order valence-corrected chi connectivity index (χ2v) is 6.17. The lowest BCUT2D eigenvalue weighted by atomic mass is 9.98. The Morgan fingerprint density at radius 1 is 0.885 bits per heavy atom. The van der Waals surface area contributed by atoms with E-state index < -0.39 is 0 Å². The molecule has 0 spiro atoms. The lowest BCUT2D eigenvalue weighted by Crippen LogP contribution is -2.12. The Morgan fingerprint density at radius 2 is 1.54 bits per heavy atom. The van der Waals surface area contributed by atoms with Gasteiger partial charge in [-0.1, -0.05) is 69.0 Å². The first kappa shape index (κ1) is 19.6. The molecule has 0 aliphatic rings. The van der Waals surface area contributed by atoms with E-state index in [4.69, 9.17) is 4.74 Å². The van der Waals surface area contributed by atoms with Crippen LogP contribution in [0.25, 0.3) is 0 Å². The summed E-state index contributed by atoms with van der Waals surface area (Å²) in [5, 5.41) is 0. The first-order chi connectivity index (χ1) is 12.7. The van der Waals surface area contributed by atoms with E-state index in [2.05, 4.69) is 6.92 Å². The standard InChI is InChI=1S/C22H24O4/c1-2-3-4-5-6-15-21(24)26-20-14-10-9-13-19(20)22(25)18-12-8-7-11-17(18)16-23/h7-14,16H,2-6,15H2,1H3. The van der Waals surface area contributed by atoms with Crippen LogP contribution in [0.2, 0.25) is 0 Å². The van der Waals surface area contributed by atoms with Crippen molar-refractivity contribution in [3.8, 4) is 5.75 Å². The predicted molar refractivity (Wildman–Crippen MR) is 101 cm³/mol. The third-order valence-electron chi connectivity index (χ3n) is 4.17. The number of ether oxygens (including phenoxy) is 1. The van der Waals surface area contributed by atoms with Gasteiger partial charge in [0.25, 0.3) is 0 Å². The number of benzene rings is 2. The Bertz CT molecular complexity index is 764. The fourth-order valence-corrected chi connectivity index (χ4v) is 2.74. The summed E-state index contributed by atoms with van der Waals surface area (Å²) in [6.07, 6.45) is 6.19. The molecule has 0 N–H and O–H groups in total. The van der Waals surface area contributed by atoms with Crippen molar-refractivity contribution in [1.82, 2.24) is 0 Å². The van der Waals surface area contributed by atoms with Gasteiger partial charge in [0.15, 0.2) is 12.1 Å². The van der Waals surface area contributed by atoms with Gasteiger partial charge in [0.2, 0.25) is 0 Å². The molecule has 0 unspecified atom stereocenters. The quantitative estimate of drug-likeness (QED) is 0.199. The molecule has 0 radical (unpaired) electrons. The van der Waals surface area contributed by atoms with Gasteiger partial charge in [-0.05, 0) is 18.6 Å². The minimum atomic E-state index is -0.342. The SMILES string of the molecule is CCCCCCCC(=O)Oc1ccccc1C(=O)c1ccccc1C=O. The molecule has 2 rings (SSSR count). The maximum atomic E-state index is 12.8. The molecule has 4 heteroatoms. The smallest absolute Gasteiger partial charge is 0.311 e. The first-order valence-corrected chi connectivity index (χ1v) is 9.06. The maximum absolute atomic E-state index is 12.8. The van der Waals surface area contributed by atoms with E-state index in [-0.39, 0.29) is 23.1 Å². The summed E-state index contributed by atoms with van der Waals surface area (Å²) in [7, 11) is 0. The average Bonchev–Trinajstić information content (AvgIpc) is 2.67. The highest BCUT2D eigenvalue weighted by Crippen LogP contribution is 2.23. The summed E-state index contributed by atoms with van der Waals surface area (Å²) in [5.74, 6) is -0.443. The lowest BCUT2D eigenvalue weighted by Gasteiger charge is -2.10. The third kappa shape index (κ3) is 5.38. The Hall–Kier alpha value is -2.75.